The number of carbonyl (C=O) groups excluding carboxylic acids is 6. The Kier molecular flexibility index (Phi) is 15.6. The van der Waals surface area contributed by atoms with E-state index in [0.29, 0.717) is 36.6 Å². The molecule has 1 spiro atoms. The standard InChI is InChI=1S/C44H53ClN4O6/c45-39-14-6-5-13-33(39)25-35(26-37(50)24-31-11-3-1-4-12-31)43(55)49-36-17-15-32(16-18-36)23-34-27-38(51)28-44(19-7-8-20-44)29-40(52)46-21-9-2-10-22-47-41(53)30-48-42(34)54/h1,3-6,11-18,34-35H,2,7-10,19-30H2,(H,46,52)(H,47,53)(H,48,54)(H,49,55)/t34-,35+/m0/s1. The number of nitrogens with one attached hydrogen (secondary N) is 4. The molecule has 2 fully saturated rings. The van der Waals surface area contributed by atoms with Crippen LogP contribution in [0.25, 0.3) is 0 Å². The molecule has 0 radical (unpaired) electrons. The zero-order chi connectivity index (χ0) is 39.0. The molecule has 1 saturated carbocycles. The van der Waals surface area contributed by atoms with E-state index in [1.807, 2.05) is 48.5 Å². The average molecular weight is 769 g/mol. The van der Waals surface area contributed by atoms with Gasteiger partial charge < -0.3 is 21.3 Å². The van der Waals surface area contributed by atoms with E-state index >= 15 is 0 Å². The van der Waals surface area contributed by atoms with E-state index < -0.39 is 17.3 Å². The summed E-state index contributed by atoms with van der Waals surface area (Å²) in [5.41, 5.74) is 2.56. The Bertz CT molecular complexity index is 1790. The number of halogens is 1. The maximum absolute atomic E-state index is 13.7. The van der Waals surface area contributed by atoms with Gasteiger partial charge in [-0.25, -0.2) is 0 Å². The molecule has 1 heterocycles. The van der Waals surface area contributed by atoms with Crippen LogP contribution >= 0.6 is 11.6 Å². The molecular weight excluding hydrogens is 716 g/mol. The first-order valence-corrected chi connectivity index (χ1v) is 20.0. The van der Waals surface area contributed by atoms with Crippen LogP contribution in [0.2, 0.25) is 5.02 Å². The number of carbonyl (C=O) groups is 6. The molecule has 10 nitrogen and oxygen atoms in total. The molecule has 3 aromatic carbocycles. The molecule has 4 N–H and O–H groups in total. The minimum atomic E-state index is -0.734. The van der Waals surface area contributed by atoms with Crippen LogP contribution in [0.15, 0.2) is 78.9 Å². The van der Waals surface area contributed by atoms with Crippen molar-refractivity contribution in [1.29, 1.82) is 0 Å². The lowest BCUT2D eigenvalue weighted by molar-refractivity contribution is -0.132. The van der Waals surface area contributed by atoms with Crippen molar-refractivity contribution in [3.05, 3.63) is 101 Å². The summed E-state index contributed by atoms with van der Waals surface area (Å²) >= 11 is 6.45. The topological polar surface area (TPSA) is 151 Å². The molecule has 0 bridgehead atoms. The van der Waals surface area contributed by atoms with E-state index in [4.69, 9.17) is 11.6 Å². The second-order valence-electron chi connectivity index (χ2n) is 15.3. The Morgan fingerprint density at radius 1 is 0.745 bits per heavy atom. The summed E-state index contributed by atoms with van der Waals surface area (Å²) in [6.07, 6.45) is 7.27. The van der Waals surface area contributed by atoms with Crippen molar-refractivity contribution < 1.29 is 28.8 Å². The number of anilines is 1. The van der Waals surface area contributed by atoms with Crippen LogP contribution < -0.4 is 21.3 Å². The zero-order valence-corrected chi connectivity index (χ0v) is 32.3. The van der Waals surface area contributed by atoms with Crippen LogP contribution in [-0.4, -0.2) is 54.8 Å². The Hall–Kier alpha value is -4.83. The molecule has 1 saturated heterocycles. The molecule has 2 atom stereocenters. The van der Waals surface area contributed by atoms with Gasteiger partial charge in [0.25, 0.3) is 0 Å². The molecule has 0 unspecified atom stereocenters. The number of amides is 4. The summed E-state index contributed by atoms with van der Waals surface area (Å²) in [6.45, 7) is 0.855. The number of ketones is 2. The highest BCUT2D eigenvalue weighted by Crippen LogP contribution is 2.44. The maximum atomic E-state index is 13.7. The highest BCUT2D eigenvalue weighted by atomic mass is 35.5. The third-order valence-corrected chi connectivity index (χ3v) is 11.1. The Labute approximate surface area is 328 Å². The lowest BCUT2D eigenvalue weighted by Gasteiger charge is -2.28. The first-order chi connectivity index (χ1) is 26.6. The van der Waals surface area contributed by atoms with Crippen LogP contribution in [0.5, 0.6) is 0 Å². The summed E-state index contributed by atoms with van der Waals surface area (Å²) in [5.74, 6) is -2.56. The Morgan fingerprint density at radius 3 is 2.13 bits per heavy atom. The smallest absolute Gasteiger partial charge is 0.239 e. The van der Waals surface area contributed by atoms with Crippen molar-refractivity contribution in [2.45, 2.75) is 89.9 Å². The Morgan fingerprint density at radius 2 is 1.42 bits per heavy atom. The van der Waals surface area contributed by atoms with Crippen LogP contribution in [0.4, 0.5) is 5.69 Å². The number of hydrogen-bond donors (Lipinski definition) is 4. The van der Waals surface area contributed by atoms with Gasteiger partial charge in [0.15, 0.2) is 0 Å². The van der Waals surface area contributed by atoms with Crippen molar-refractivity contribution in [3.63, 3.8) is 0 Å². The molecule has 0 aromatic heterocycles. The predicted molar refractivity (Wildman–Crippen MR) is 213 cm³/mol. The summed E-state index contributed by atoms with van der Waals surface area (Å²) in [7, 11) is 0. The highest BCUT2D eigenvalue weighted by molar-refractivity contribution is 6.31. The zero-order valence-electron chi connectivity index (χ0n) is 31.5. The van der Waals surface area contributed by atoms with Crippen molar-refractivity contribution in [2.24, 2.45) is 17.3 Å². The molecule has 4 amide bonds. The van der Waals surface area contributed by atoms with Crippen molar-refractivity contribution >= 4 is 52.5 Å². The molecule has 11 heteroatoms. The molecule has 1 aliphatic carbocycles. The van der Waals surface area contributed by atoms with Gasteiger partial charge in [-0.05, 0) is 85.3 Å². The van der Waals surface area contributed by atoms with Gasteiger partial charge in [0.2, 0.25) is 23.6 Å². The minimum Gasteiger partial charge on any atom is -0.356 e. The van der Waals surface area contributed by atoms with E-state index in [-0.39, 0.29) is 73.8 Å². The van der Waals surface area contributed by atoms with E-state index in [9.17, 15) is 28.8 Å². The van der Waals surface area contributed by atoms with Crippen LogP contribution in [0.1, 0.15) is 87.3 Å². The predicted octanol–water partition coefficient (Wildman–Crippen LogP) is 6.33. The van der Waals surface area contributed by atoms with Crippen LogP contribution in [-0.2, 0) is 48.0 Å². The second-order valence-corrected chi connectivity index (χ2v) is 15.7. The van der Waals surface area contributed by atoms with Crippen molar-refractivity contribution in [3.8, 4) is 0 Å². The second kappa shape index (κ2) is 20.7. The summed E-state index contributed by atoms with van der Waals surface area (Å²) in [6, 6.07) is 23.8. The van der Waals surface area contributed by atoms with Gasteiger partial charge in [-0.3, -0.25) is 28.8 Å². The average Bonchev–Trinajstić information content (AvgIpc) is 3.61. The van der Waals surface area contributed by atoms with Crippen LogP contribution in [0, 0.1) is 17.3 Å². The summed E-state index contributed by atoms with van der Waals surface area (Å²) in [5, 5.41) is 12.1. The van der Waals surface area contributed by atoms with Gasteiger partial charge in [-0.15, -0.1) is 0 Å². The fraction of sp³-hybridized carbons (Fsp3) is 0.455. The molecule has 1 aliphatic heterocycles. The monoisotopic (exact) mass is 768 g/mol. The quantitative estimate of drug-likeness (QED) is 0.189. The van der Waals surface area contributed by atoms with Gasteiger partial charge >= 0.3 is 0 Å². The summed E-state index contributed by atoms with van der Waals surface area (Å²) in [4.78, 5) is 79.4. The van der Waals surface area contributed by atoms with E-state index in [1.165, 1.54) is 0 Å². The normalized spacial score (nSPS) is 19.3. The first kappa shape index (κ1) is 41.3. The molecule has 292 valence electrons. The Balaban J connectivity index is 1.27. The lowest BCUT2D eigenvalue weighted by atomic mass is 9.76. The largest absolute Gasteiger partial charge is 0.356 e. The number of rotatable bonds is 10. The van der Waals surface area contributed by atoms with E-state index in [0.717, 1.165) is 61.6 Å². The van der Waals surface area contributed by atoms with Crippen molar-refractivity contribution in [2.75, 3.05) is 25.0 Å². The van der Waals surface area contributed by atoms with E-state index in [2.05, 4.69) is 21.3 Å². The van der Waals surface area contributed by atoms with Gasteiger partial charge in [0.05, 0.1) is 6.54 Å². The lowest BCUT2D eigenvalue weighted by Crippen LogP contribution is -2.41. The molecule has 2 aliphatic rings. The van der Waals surface area contributed by atoms with Gasteiger partial charge in [-0.1, -0.05) is 85.1 Å². The third kappa shape index (κ3) is 13.5. The fourth-order valence-corrected chi connectivity index (χ4v) is 8.05. The maximum Gasteiger partial charge on any atom is 0.239 e. The van der Waals surface area contributed by atoms with Gasteiger partial charge in [-0.2, -0.15) is 0 Å². The van der Waals surface area contributed by atoms with Gasteiger partial charge in [0, 0.05) is 67.7 Å². The van der Waals surface area contributed by atoms with Gasteiger partial charge in [0.1, 0.15) is 11.6 Å². The number of Topliss-reactive ketones (excluding diaryl/α,β-unsaturated/α-hetero) is 2. The first-order valence-electron chi connectivity index (χ1n) is 19.6. The number of benzene rings is 3. The molecule has 55 heavy (non-hydrogen) atoms. The molecular formula is C44H53ClN4O6. The highest BCUT2D eigenvalue weighted by Gasteiger charge is 2.38. The third-order valence-electron chi connectivity index (χ3n) is 10.8. The fourth-order valence-electron chi connectivity index (χ4n) is 7.83. The minimum absolute atomic E-state index is 0.0178. The molecule has 5 rings (SSSR count). The molecule has 3 aromatic rings. The summed E-state index contributed by atoms with van der Waals surface area (Å²) < 4.78 is 0. The number of hydrogen-bond acceptors (Lipinski definition) is 6. The SMILES string of the molecule is O=C(Cc1ccccc1)C[C@@H](Cc1ccccc1Cl)C(=O)Nc1ccc(C[C@H]2CC(=O)CC3(CCCC3)CC(=O)NCCCCCNC(=O)CNC2=O)cc1. The van der Waals surface area contributed by atoms with Crippen molar-refractivity contribution in [1.82, 2.24) is 16.0 Å². The van der Waals surface area contributed by atoms with E-state index in [1.54, 1.807) is 30.3 Å². The van der Waals surface area contributed by atoms with Crippen LogP contribution in [0.3, 0.4) is 0 Å².